The van der Waals surface area contributed by atoms with E-state index in [1.54, 1.807) is 19.0 Å². The Hall–Kier alpha value is -1.35. The van der Waals surface area contributed by atoms with E-state index in [-0.39, 0.29) is 11.9 Å². The van der Waals surface area contributed by atoms with Crippen LogP contribution in [0.4, 0.5) is 0 Å². The van der Waals surface area contributed by atoms with Gasteiger partial charge in [-0.3, -0.25) is 4.79 Å². The minimum absolute atomic E-state index is 0.0938. The molecular weight excluding hydrogens is 212 g/mol. The molecule has 17 heavy (non-hydrogen) atoms. The Bertz CT molecular complexity index is 388. The normalized spacial score (nSPS) is 24.2. The summed E-state index contributed by atoms with van der Waals surface area (Å²) in [6.45, 7) is 1.93. The van der Waals surface area contributed by atoms with Crippen LogP contribution < -0.4 is 5.32 Å². The number of carbonyl (C=O) groups is 1. The molecule has 1 aliphatic carbocycles. The van der Waals surface area contributed by atoms with Crippen LogP contribution in [0.5, 0.6) is 0 Å². The molecule has 1 amide bonds. The number of nitrogens with zero attached hydrogens (tertiary/aromatic N) is 1. The second-order valence-electron chi connectivity index (χ2n) is 4.98. The van der Waals surface area contributed by atoms with E-state index in [1.165, 1.54) is 5.56 Å². The van der Waals surface area contributed by atoms with Crippen molar-refractivity contribution in [2.45, 2.75) is 31.3 Å². The summed E-state index contributed by atoms with van der Waals surface area (Å²) in [6, 6.07) is 10.8. The topological polar surface area (TPSA) is 32.3 Å². The van der Waals surface area contributed by atoms with Crippen LogP contribution in [0, 0.1) is 0 Å². The fourth-order valence-electron chi connectivity index (χ4n) is 2.23. The van der Waals surface area contributed by atoms with E-state index in [4.69, 9.17) is 0 Å². The van der Waals surface area contributed by atoms with Crippen LogP contribution >= 0.6 is 0 Å². The Morgan fingerprint density at radius 1 is 1.35 bits per heavy atom. The van der Waals surface area contributed by atoms with Gasteiger partial charge in [0.05, 0.1) is 6.04 Å². The summed E-state index contributed by atoms with van der Waals surface area (Å²) in [4.78, 5) is 13.3. The summed E-state index contributed by atoms with van der Waals surface area (Å²) in [5.41, 5.74) is 1.37. The molecule has 92 valence electrons. The van der Waals surface area contributed by atoms with Gasteiger partial charge in [-0.1, -0.05) is 30.3 Å². The van der Waals surface area contributed by atoms with Gasteiger partial charge in [0.2, 0.25) is 5.91 Å². The SMILES string of the molecule is CC(NC1CC1c1ccccc1)C(=O)N(C)C. The molecule has 0 saturated heterocycles. The van der Waals surface area contributed by atoms with Gasteiger partial charge >= 0.3 is 0 Å². The molecule has 1 aliphatic rings. The number of hydrogen-bond donors (Lipinski definition) is 1. The van der Waals surface area contributed by atoms with Crippen molar-refractivity contribution in [3.8, 4) is 0 Å². The van der Waals surface area contributed by atoms with E-state index in [0.717, 1.165) is 6.42 Å². The van der Waals surface area contributed by atoms with Crippen LogP contribution in [0.25, 0.3) is 0 Å². The molecule has 3 heteroatoms. The maximum Gasteiger partial charge on any atom is 0.238 e. The molecule has 2 rings (SSSR count). The number of benzene rings is 1. The fraction of sp³-hybridized carbons (Fsp3) is 0.500. The summed E-state index contributed by atoms with van der Waals surface area (Å²) in [7, 11) is 3.59. The fourth-order valence-corrected chi connectivity index (χ4v) is 2.23. The first kappa shape index (κ1) is 12.1. The molecule has 0 bridgehead atoms. The minimum atomic E-state index is -0.0938. The molecule has 0 radical (unpaired) electrons. The van der Waals surface area contributed by atoms with Crippen molar-refractivity contribution >= 4 is 5.91 Å². The number of carbonyl (C=O) groups excluding carboxylic acids is 1. The summed E-state index contributed by atoms with van der Waals surface area (Å²) in [6.07, 6.45) is 1.13. The Morgan fingerprint density at radius 2 is 2.00 bits per heavy atom. The molecule has 0 heterocycles. The predicted molar refractivity (Wildman–Crippen MR) is 68.9 cm³/mol. The third-order valence-electron chi connectivity index (χ3n) is 3.29. The number of likely N-dealkylation sites (N-methyl/N-ethyl adjacent to an activating group) is 1. The maximum atomic E-state index is 11.7. The maximum absolute atomic E-state index is 11.7. The van der Waals surface area contributed by atoms with Gasteiger partial charge in [-0.2, -0.15) is 0 Å². The number of amides is 1. The molecule has 1 saturated carbocycles. The van der Waals surface area contributed by atoms with E-state index in [0.29, 0.717) is 12.0 Å². The molecule has 0 aliphatic heterocycles. The van der Waals surface area contributed by atoms with Crippen LogP contribution in [0.3, 0.4) is 0 Å². The van der Waals surface area contributed by atoms with Crippen LogP contribution in [0.2, 0.25) is 0 Å². The van der Waals surface area contributed by atoms with Gasteiger partial charge in [0.25, 0.3) is 0 Å². The monoisotopic (exact) mass is 232 g/mol. The van der Waals surface area contributed by atoms with Crippen LogP contribution in [-0.2, 0) is 4.79 Å². The highest BCUT2D eigenvalue weighted by molar-refractivity contribution is 5.81. The van der Waals surface area contributed by atoms with E-state index < -0.39 is 0 Å². The Balaban J connectivity index is 1.86. The number of rotatable bonds is 4. The van der Waals surface area contributed by atoms with Gasteiger partial charge in [0, 0.05) is 26.1 Å². The first-order valence-electron chi connectivity index (χ1n) is 6.11. The van der Waals surface area contributed by atoms with E-state index in [2.05, 4.69) is 29.6 Å². The van der Waals surface area contributed by atoms with Crippen molar-refractivity contribution in [2.75, 3.05) is 14.1 Å². The lowest BCUT2D eigenvalue weighted by Crippen LogP contribution is -2.42. The third-order valence-corrected chi connectivity index (χ3v) is 3.29. The quantitative estimate of drug-likeness (QED) is 0.855. The highest BCUT2D eigenvalue weighted by atomic mass is 16.2. The molecular formula is C14H20N2O. The summed E-state index contributed by atoms with van der Waals surface area (Å²) < 4.78 is 0. The first-order chi connectivity index (χ1) is 8.09. The zero-order valence-electron chi connectivity index (χ0n) is 10.7. The molecule has 0 spiro atoms. The van der Waals surface area contributed by atoms with Gasteiger partial charge < -0.3 is 10.2 Å². The predicted octanol–water partition coefficient (Wildman–Crippen LogP) is 1.61. The van der Waals surface area contributed by atoms with Crippen molar-refractivity contribution in [2.24, 2.45) is 0 Å². The van der Waals surface area contributed by atoms with E-state index >= 15 is 0 Å². The minimum Gasteiger partial charge on any atom is -0.347 e. The number of hydrogen-bond acceptors (Lipinski definition) is 2. The molecule has 3 unspecified atom stereocenters. The van der Waals surface area contributed by atoms with Crippen molar-refractivity contribution < 1.29 is 4.79 Å². The standard InChI is InChI=1S/C14H20N2O/c1-10(14(17)16(2)3)15-13-9-12(13)11-7-5-4-6-8-11/h4-8,10,12-13,15H,9H2,1-3H3. The van der Waals surface area contributed by atoms with E-state index in [1.807, 2.05) is 13.0 Å². The summed E-state index contributed by atoms with van der Waals surface area (Å²) in [5.74, 6) is 0.720. The molecule has 3 atom stereocenters. The van der Waals surface area contributed by atoms with Crippen molar-refractivity contribution in [3.63, 3.8) is 0 Å². The van der Waals surface area contributed by atoms with Crippen molar-refractivity contribution in [1.29, 1.82) is 0 Å². The second-order valence-corrected chi connectivity index (χ2v) is 4.98. The lowest BCUT2D eigenvalue weighted by atomic mass is 10.1. The van der Waals surface area contributed by atoms with Gasteiger partial charge in [0.1, 0.15) is 0 Å². The van der Waals surface area contributed by atoms with Crippen LogP contribution in [0.1, 0.15) is 24.8 Å². The smallest absolute Gasteiger partial charge is 0.238 e. The Morgan fingerprint density at radius 3 is 2.59 bits per heavy atom. The van der Waals surface area contributed by atoms with Crippen molar-refractivity contribution in [3.05, 3.63) is 35.9 Å². The molecule has 0 aromatic heterocycles. The average Bonchev–Trinajstić information content (AvgIpc) is 3.08. The molecule has 1 aromatic rings. The van der Waals surface area contributed by atoms with Gasteiger partial charge in [-0.15, -0.1) is 0 Å². The second kappa shape index (κ2) is 4.88. The lowest BCUT2D eigenvalue weighted by molar-refractivity contribution is -0.130. The van der Waals surface area contributed by atoms with Crippen LogP contribution in [-0.4, -0.2) is 37.0 Å². The van der Waals surface area contributed by atoms with Crippen LogP contribution in [0.15, 0.2) is 30.3 Å². The average molecular weight is 232 g/mol. The molecule has 1 aromatic carbocycles. The third kappa shape index (κ3) is 2.86. The zero-order valence-corrected chi connectivity index (χ0v) is 10.7. The highest BCUT2D eigenvalue weighted by Gasteiger charge is 2.39. The van der Waals surface area contributed by atoms with Gasteiger partial charge in [-0.25, -0.2) is 0 Å². The van der Waals surface area contributed by atoms with Gasteiger partial charge in [0.15, 0.2) is 0 Å². The van der Waals surface area contributed by atoms with E-state index in [9.17, 15) is 4.79 Å². The van der Waals surface area contributed by atoms with Crippen molar-refractivity contribution in [1.82, 2.24) is 10.2 Å². The summed E-state index contributed by atoms with van der Waals surface area (Å²) >= 11 is 0. The molecule has 1 N–H and O–H groups in total. The Kier molecular flexibility index (Phi) is 3.48. The largest absolute Gasteiger partial charge is 0.347 e. The molecule has 1 fully saturated rings. The lowest BCUT2D eigenvalue weighted by Gasteiger charge is -2.18. The molecule has 3 nitrogen and oxygen atoms in total. The number of nitrogens with one attached hydrogen (secondary N) is 1. The zero-order chi connectivity index (χ0) is 12.4. The van der Waals surface area contributed by atoms with Gasteiger partial charge in [-0.05, 0) is 18.9 Å². The highest BCUT2D eigenvalue weighted by Crippen LogP contribution is 2.40. The Labute approximate surface area is 103 Å². The first-order valence-corrected chi connectivity index (χ1v) is 6.11. The summed E-state index contributed by atoms with van der Waals surface area (Å²) in [5, 5.41) is 3.39.